The van der Waals surface area contributed by atoms with E-state index in [2.05, 4.69) is 0 Å². The van der Waals surface area contributed by atoms with Crippen LogP contribution in [0.4, 0.5) is 0 Å². The van der Waals surface area contributed by atoms with Gasteiger partial charge in [-0.1, -0.05) is 6.42 Å². The second kappa shape index (κ2) is 0.873. The lowest BCUT2D eigenvalue weighted by molar-refractivity contribution is 0.645. The van der Waals surface area contributed by atoms with E-state index in [1.165, 1.54) is 25.7 Å². The van der Waals surface area contributed by atoms with Crippen LogP contribution in [0.5, 0.6) is 0 Å². The third-order valence-electron chi connectivity index (χ3n) is 2.47. The van der Waals surface area contributed by atoms with Crippen molar-refractivity contribution in [2.24, 2.45) is 11.7 Å². The molecule has 0 spiro atoms. The Morgan fingerprint density at radius 2 is 2.43 bits per heavy atom. The van der Waals surface area contributed by atoms with Gasteiger partial charge in [0.15, 0.2) is 0 Å². The third kappa shape index (κ3) is 0.367. The SMILES string of the molecule is N[C@@]12CCC[C@@H]1C2. The van der Waals surface area contributed by atoms with Crippen LogP contribution >= 0.6 is 0 Å². The predicted octanol–water partition coefficient (Wildman–Crippen LogP) is 0.888. The monoisotopic (exact) mass is 97.1 g/mol. The Hall–Kier alpha value is -0.0400. The zero-order valence-corrected chi connectivity index (χ0v) is 4.48. The van der Waals surface area contributed by atoms with Crippen molar-refractivity contribution in [2.45, 2.75) is 31.2 Å². The number of hydrogen-bond donors (Lipinski definition) is 1. The van der Waals surface area contributed by atoms with E-state index in [1.807, 2.05) is 0 Å². The van der Waals surface area contributed by atoms with Crippen molar-refractivity contribution >= 4 is 0 Å². The molecule has 2 saturated carbocycles. The first-order valence-corrected chi connectivity index (χ1v) is 3.10. The summed E-state index contributed by atoms with van der Waals surface area (Å²) in [4.78, 5) is 0. The highest BCUT2D eigenvalue weighted by Crippen LogP contribution is 2.53. The summed E-state index contributed by atoms with van der Waals surface area (Å²) in [5.41, 5.74) is 6.21. The molecule has 2 atom stereocenters. The van der Waals surface area contributed by atoms with Crippen LogP contribution in [-0.2, 0) is 0 Å². The molecule has 0 aliphatic heterocycles. The molecular weight excluding hydrogens is 86.1 g/mol. The fourth-order valence-corrected chi connectivity index (χ4v) is 1.77. The molecule has 1 heteroatoms. The lowest BCUT2D eigenvalue weighted by Gasteiger charge is -1.97. The molecule has 0 radical (unpaired) electrons. The largest absolute Gasteiger partial charge is 0.325 e. The van der Waals surface area contributed by atoms with Gasteiger partial charge in [-0.2, -0.15) is 0 Å². The molecule has 0 amide bonds. The quantitative estimate of drug-likeness (QED) is 0.477. The van der Waals surface area contributed by atoms with Crippen molar-refractivity contribution in [3.63, 3.8) is 0 Å². The molecular formula is C6H11N. The summed E-state index contributed by atoms with van der Waals surface area (Å²) < 4.78 is 0. The number of nitrogens with two attached hydrogens (primary N) is 1. The molecule has 0 aromatic rings. The van der Waals surface area contributed by atoms with Crippen LogP contribution in [0, 0.1) is 5.92 Å². The fraction of sp³-hybridized carbons (Fsp3) is 1.00. The highest BCUT2D eigenvalue weighted by molar-refractivity contribution is 5.11. The van der Waals surface area contributed by atoms with Gasteiger partial charge in [0.1, 0.15) is 0 Å². The maximum absolute atomic E-state index is 5.85. The average Bonchev–Trinajstić information content (AvgIpc) is 2.09. The summed E-state index contributed by atoms with van der Waals surface area (Å²) in [5.74, 6) is 0.937. The zero-order valence-electron chi connectivity index (χ0n) is 4.48. The summed E-state index contributed by atoms with van der Waals surface area (Å²) in [5, 5.41) is 0. The molecule has 2 fully saturated rings. The van der Waals surface area contributed by atoms with Crippen LogP contribution in [0.3, 0.4) is 0 Å². The Bertz CT molecular complexity index is 98.4. The van der Waals surface area contributed by atoms with Gasteiger partial charge in [0, 0.05) is 5.54 Å². The molecule has 0 aromatic heterocycles. The van der Waals surface area contributed by atoms with E-state index in [1.54, 1.807) is 0 Å². The lowest BCUT2D eigenvalue weighted by Crippen LogP contribution is -2.20. The molecule has 2 rings (SSSR count). The van der Waals surface area contributed by atoms with Crippen LogP contribution in [0.15, 0.2) is 0 Å². The molecule has 0 saturated heterocycles. The van der Waals surface area contributed by atoms with E-state index in [0.717, 1.165) is 5.92 Å². The van der Waals surface area contributed by atoms with Crippen LogP contribution in [0.2, 0.25) is 0 Å². The molecule has 0 heterocycles. The Labute approximate surface area is 43.9 Å². The summed E-state index contributed by atoms with van der Waals surface area (Å²) in [6.07, 6.45) is 5.43. The Morgan fingerprint density at radius 1 is 1.57 bits per heavy atom. The van der Waals surface area contributed by atoms with Crippen molar-refractivity contribution in [1.29, 1.82) is 0 Å². The molecule has 0 unspecified atom stereocenters. The lowest BCUT2D eigenvalue weighted by atomic mass is 10.2. The maximum atomic E-state index is 5.85. The van der Waals surface area contributed by atoms with Crippen molar-refractivity contribution in [3.8, 4) is 0 Å². The van der Waals surface area contributed by atoms with Gasteiger partial charge in [-0.15, -0.1) is 0 Å². The van der Waals surface area contributed by atoms with Gasteiger partial charge >= 0.3 is 0 Å². The molecule has 2 aliphatic carbocycles. The van der Waals surface area contributed by atoms with Crippen molar-refractivity contribution < 1.29 is 0 Å². The standard InChI is InChI=1S/C6H11N/c7-6-3-1-2-5(6)4-6/h5H,1-4,7H2/t5-,6-/m1/s1. The molecule has 0 bridgehead atoms. The number of hydrogen-bond acceptors (Lipinski definition) is 1. The minimum atomic E-state index is 0.361. The van der Waals surface area contributed by atoms with Crippen molar-refractivity contribution in [1.82, 2.24) is 0 Å². The van der Waals surface area contributed by atoms with E-state index in [4.69, 9.17) is 5.73 Å². The molecule has 1 nitrogen and oxygen atoms in total. The zero-order chi connectivity index (χ0) is 4.91. The third-order valence-corrected chi connectivity index (χ3v) is 2.47. The first-order valence-electron chi connectivity index (χ1n) is 3.10. The van der Waals surface area contributed by atoms with E-state index in [-0.39, 0.29) is 0 Å². The predicted molar refractivity (Wildman–Crippen MR) is 28.9 cm³/mol. The van der Waals surface area contributed by atoms with Crippen molar-refractivity contribution in [2.75, 3.05) is 0 Å². The summed E-state index contributed by atoms with van der Waals surface area (Å²) in [6.45, 7) is 0. The van der Waals surface area contributed by atoms with Gasteiger partial charge in [-0.25, -0.2) is 0 Å². The fourth-order valence-electron chi connectivity index (χ4n) is 1.77. The molecule has 2 aliphatic rings. The van der Waals surface area contributed by atoms with Gasteiger partial charge in [-0.3, -0.25) is 0 Å². The highest BCUT2D eigenvalue weighted by atomic mass is 14.9. The van der Waals surface area contributed by atoms with Crippen LogP contribution < -0.4 is 5.73 Å². The first-order chi connectivity index (χ1) is 3.31. The molecule has 7 heavy (non-hydrogen) atoms. The van der Waals surface area contributed by atoms with Crippen LogP contribution in [0.1, 0.15) is 25.7 Å². The second-order valence-corrected chi connectivity index (χ2v) is 3.03. The average molecular weight is 97.2 g/mol. The summed E-state index contributed by atoms with van der Waals surface area (Å²) >= 11 is 0. The van der Waals surface area contributed by atoms with Gasteiger partial charge in [0.05, 0.1) is 0 Å². The highest BCUT2D eigenvalue weighted by Gasteiger charge is 2.53. The normalized spacial score (nSPS) is 57.0. The molecule has 0 aromatic carbocycles. The Kier molecular flexibility index (Phi) is 0.487. The van der Waals surface area contributed by atoms with Crippen LogP contribution in [-0.4, -0.2) is 5.54 Å². The minimum Gasteiger partial charge on any atom is -0.325 e. The number of fused-ring (bicyclic) bond motifs is 1. The summed E-state index contributed by atoms with van der Waals surface area (Å²) in [7, 11) is 0. The van der Waals surface area contributed by atoms with E-state index in [0.29, 0.717) is 5.54 Å². The van der Waals surface area contributed by atoms with Crippen LogP contribution in [0.25, 0.3) is 0 Å². The smallest absolute Gasteiger partial charge is 0.0186 e. The van der Waals surface area contributed by atoms with Crippen molar-refractivity contribution in [3.05, 3.63) is 0 Å². The Balaban J connectivity index is 2.17. The Morgan fingerprint density at radius 3 is 2.57 bits per heavy atom. The first kappa shape index (κ1) is 3.90. The van der Waals surface area contributed by atoms with Gasteiger partial charge in [-0.05, 0) is 25.2 Å². The van der Waals surface area contributed by atoms with E-state index in [9.17, 15) is 0 Å². The number of rotatable bonds is 0. The topological polar surface area (TPSA) is 26.0 Å². The van der Waals surface area contributed by atoms with E-state index < -0.39 is 0 Å². The minimum absolute atomic E-state index is 0.361. The second-order valence-electron chi connectivity index (χ2n) is 3.03. The maximum Gasteiger partial charge on any atom is 0.0186 e. The van der Waals surface area contributed by atoms with Gasteiger partial charge < -0.3 is 5.73 Å². The van der Waals surface area contributed by atoms with E-state index >= 15 is 0 Å². The van der Waals surface area contributed by atoms with Gasteiger partial charge in [0.25, 0.3) is 0 Å². The molecule has 40 valence electrons. The molecule has 2 N–H and O–H groups in total. The van der Waals surface area contributed by atoms with Gasteiger partial charge in [0.2, 0.25) is 0 Å². The summed E-state index contributed by atoms with van der Waals surface area (Å²) in [6, 6.07) is 0.